The molecular formula is C26H31AlN2. The zero-order valence-corrected chi connectivity index (χ0v) is 19.2. The number of anilines is 1. The summed E-state index contributed by atoms with van der Waals surface area (Å²) in [5.41, 5.74) is 8.91. The van der Waals surface area contributed by atoms with Gasteiger partial charge in [0.1, 0.15) is 0 Å². The highest BCUT2D eigenvalue weighted by molar-refractivity contribution is 6.62. The maximum absolute atomic E-state index is 4.71. The first-order valence-corrected chi connectivity index (χ1v) is 12.8. The highest BCUT2D eigenvalue weighted by atomic mass is 27.2. The molecule has 2 nitrogen and oxygen atoms in total. The van der Waals surface area contributed by atoms with Gasteiger partial charge < -0.3 is 4.30 Å². The lowest BCUT2D eigenvalue weighted by Gasteiger charge is -2.18. The molecule has 0 aromatic heterocycles. The van der Waals surface area contributed by atoms with Crippen LogP contribution >= 0.6 is 0 Å². The van der Waals surface area contributed by atoms with Crippen molar-refractivity contribution in [1.82, 2.24) is 0 Å². The molecule has 0 spiro atoms. The van der Waals surface area contributed by atoms with Gasteiger partial charge in [-0.1, -0.05) is 72.1 Å². The predicted octanol–water partition coefficient (Wildman–Crippen LogP) is 7.03. The van der Waals surface area contributed by atoms with Gasteiger partial charge in [0.05, 0.1) is 5.69 Å². The molecule has 0 amide bonds. The lowest BCUT2D eigenvalue weighted by atomic mass is 10.1. The highest BCUT2D eigenvalue weighted by Gasteiger charge is 2.18. The van der Waals surface area contributed by atoms with Crippen LogP contribution in [0.3, 0.4) is 0 Å². The number of benzene rings is 3. The number of nitrogens with zero attached hydrogens (tertiary/aromatic N) is 1. The summed E-state index contributed by atoms with van der Waals surface area (Å²) >= 11 is -1.07. The van der Waals surface area contributed by atoms with Gasteiger partial charge in [0.25, 0.3) is 0 Å². The van der Waals surface area contributed by atoms with E-state index in [2.05, 4.69) is 98.7 Å². The van der Waals surface area contributed by atoms with Gasteiger partial charge in [0.2, 0.25) is 0 Å². The standard InChI is InChI=1S/C16H16N.C8H10N.C2H5.Al/c1-3-14-8-4-5-9-15(14)12-17-16-10-6-7-13(2)11-16;1-6-4-3-5-7(2)8(6)9;1-2;/h4-12H,1,3H2,2H3;3-5,9H,1-2H3;1H2,2H3;/q;-1;;+1. The van der Waals surface area contributed by atoms with Gasteiger partial charge in [0.15, 0.2) is 0 Å². The van der Waals surface area contributed by atoms with Crippen LogP contribution in [0, 0.1) is 20.8 Å². The molecule has 148 valence electrons. The minimum atomic E-state index is -1.07. The number of para-hydroxylation sites is 1. The van der Waals surface area contributed by atoms with E-state index in [1.165, 1.54) is 44.1 Å². The van der Waals surface area contributed by atoms with Gasteiger partial charge in [-0.05, 0) is 67.1 Å². The molecule has 0 atom stereocenters. The number of aryl methyl sites for hydroxylation is 4. The fraction of sp³-hybridized carbons (Fsp3) is 0.269. The van der Waals surface area contributed by atoms with Crippen molar-refractivity contribution in [3.63, 3.8) is 0 Å². The lowest BCUT2D eigenvalue weighted by molar-refractivity contribution is 1.09. The molecular weight excluding hydrogens is 367 g/mol. The third-order valence-electron chi connectivity index (χ3n) is 5.49. The van der Waals surface area contributed by atoms with E-state index in [4.69, 9.17) is 4.99 Å². The molecule has 0 aliphatic carbocycles. The van der Waals surface area contributed by atoms with Crippen molar-refractivity contribution in [2.24, 2.45) is 4.99 Å². The second-order valence-electron chi connectivity index (χ2n) is 7.85. The lowest BCUT2D eigenvalue weighted by Crippen LogP contribution is -2.25. The Kier molecular flexibility index (Phi) is 7.70. The minimum absolute atomic E-state index is 1.01. The summed E-state index contributed by atoms with van der Waals surface area (Å²) in [6.45, 7) is 8.83. The summed E-state index contributed by atoms with van der Waals surface area (Å²) in [6.07, 6.45) is 3.12. The van der Waals surface area contributed by atoms with Crippen LogP contribution in [-0.2, 0) is 6.42 Å². The van der Waals surface area contributed by atoms with Crippen LogP contribution in [0.5, 0.6) is 0 Å². The van der Waals surface area contributed by atoms with E-state index in [0.717, 1.165) is 12.1 Å². The Labute approximate surface area is 180 Å². The molecule has 1 N–H and O–H groups in total. The molecule has 0 aliphatic rings. The fourth-order valence-corrected chi connectivity index (χ4v) is 5.97. The van der Waals surface area contributed by atoms with Gasteiger partial charge >= 0.3 is 14.4 Å². The van der Waals surface area contributed by atoms with E-state index < -0.39 is 14.4 Å². The Morgan fingerprint density at radius 2 is 1.62 bits per heavy atom. The van der Waals surface area contributed by atoms with E-state index in [-0.39, 0.29) is 0 Å². The molecule has 0 bridgehead atoms. The Hall–Kier alpha value is -2.34. The monoisotopic (exact) mass is 398 g/mol. The van der Waals surface area contributed by atoms with E-state index in [0.29, 0.717) is 0 Å². The minimum Gasteiger partial charge on any atom is -0.476 e. The first-order valence-electron chi connectivity index (χ1n) is 10.6. The zero-order valence-electron chi connectivity index (χ0n) is 18.1. The molecule has 0 saturated carbocycles. The number of hydrogen-bond donors (Lipinski definition) is 1. The second-order valence-corrected chi connectivity index (χ2v) is 10.9. The van der Waals surface area contributed by atoms with Crippen molar-refractivity contribution in [3.05, 3.63) is 94.5 Å². The van der Waals surface area contributed by atoms with Crippen LogP contribution in [0.2, 0.25) is 10.6 Å². The normalized spacial score (nSPS) is 11.0. The fourth-order valence-electron chi connectivity index (χ4n) is 3.69. The van der Waals surface area contributed by atoms with Gasteiger partial charge in [0, 0.05) is 11.9 Å². The van der Waals surface area contributed by atoms with E-state index in [1.807, 2.05) is 6.21 Å². The molecule has 3 heteroatoms. The summed E-state index contributed by atoms with van der Waals surface area (Å²) in [5, 5.41) is 2.48. The molecule has 0 heterocycles. The number of hydrogen-bond acceptors (Lipinski definition) is 2. The van der Waals surface area contributed by atoms with Crippen LogP contribution in [-0.4, -0.2) is 20.6 Å². The van der Waals surface area contributed by atoms with E-state index in [1.54, 1.807) is 0 Å². The highest BCUT2D eigenvalue weighted by Crippen LogP contribution is 2.22. The molecule has 3 aromatic rings. The Bertz CT molecular complexity index is 958. The smallest absolute Gasteiger partial charge is 0.411 e. The van der Waals surface area contributed by atoms with Crippen LogP contribution in [0.15, 0.2) is 71.7 Å². The second kappa shape index (κ2) is 10.4. The molecule has 0 saturated heterocycles. The zero-order chi connectivity index (χ0) is 20.6. The Morgan fingerprint density at radius 1 is 0.897 bits per heavy atom. The van der Waals surface area contributed by atoms with Crippen LogP contribution < -0.4 is 4.30 Å². The molecule has 0 fully saturated rings. The predicted molar refractivity (Wildman–Crippen MR) is 129 cm³/mol. The number of nitrogens with one attached hydrogen (secondary N) is 1. The van der Waals surface area contributed by atoms with Crippen LogP contribution in [0.1, 0.15) is 34.7 Å². The summed E-state index contributed by atoms with van der Waals surface area (Å²) < 4.78 is 3.92. The first kappa shape index (κ1) is 21.4. The number of aliphatic imine (C=N–C) groups is 1. The van der Waals surface area contributed by atoms with E-state index in [9.17, 15) is 0 Å². The maximum Gasteiger partial charge on any atom is 0.411 e. The summed E-state index contributed by atoms with van der Waals surface area (Å²) in [7, 11) is 0. The summed E-state index contributed by atoms with van der Waals surface area (Å²) in [5.74, 6) is 0. The molecule has 29 heavy (non-hydrogen) atoms. The number of rotatable bonds is 8. The average Bonchev–Trinajstić information content (AvgIpc) is 2.72. The molecule has 0 radical (unpaired) electrons. The third-order valence-corrected chi connectivity index (χ3v) is 8.16. The van der Waals surface area contributed by atoms with Crippen LogP contribution in [0.25, 0.3) is 0 Å². The topological polar surface area (TPSA) is 24.4 Å². The van der Waals surface area contributed by atoms with Crippen molar-refractivity contribution in [1.29, 1.82) is 0 Å². The van der Waals surface area contributed by atoms with Crippen molar-refractivity contribution >= 4 is 32.0 Å². The quantitative estimate of drug-likeness (QED) is 0.320. The molecule has 3 rings (SSSR count). The maximum atomic E-state index is 4.71. The van der Waals surface area contributed by atoms with Crippen molar-refractivity contribution in [3.8, 4) is 0 Å². The average molecular weight is 399 g/mol. The van der Waals surface area contributed by atoms with Gasteiger partial charge in [-0.15, -0.1) is 0 Å². The Morgan fingerprint density at radius 3 is 2.34 bits per heavy atom. The van der Waals surface area contributed by atoms with Gasteiger partial charge in [-0.3, -0.25) is 4.99 Å². The van der Waals surface area contributed by atoms with Crippen molar-refractivity contribution < 1.29 is 0 Å². The van der Waals surface area contributed by atoms with Gasteiger partial charge in [-0.25, -0.2) is 0 Å². The molecule has 0 unspecified atom stereocenters. The largest absolute Gasteiger partial charge is 0.476 e. The summed E-state index contributed by atoms with van der Waals surface area (Å²) in [4.78, 5) is 4.71. The van der Waals surface area contributed by atoms with Crippen LogP contribution in [0.4, 0.5) is 11.4 Å². The van der Waals surface area contributed by atoms with Gasteiger partial charge in [-0.2, -0.15) is 0 Å². The molecule has 0 aliphatic heterocycles. The first-order chi connectivity index (χ1) is 14.1. The Balaban J connectivity index is 1.70. The SMILES string of the molecule is C[CH2][Al]([CH2]Cc1ccccc1C=Nc1cccc(C)c1)[NH]c1c(C)cccc1C. The molecule has 3 aromatic carbocycles. The summed E-state index contributed by atoms with van der Waals surface area (Å²) in [6, 6.07) is 23.5. The van der Waals surface area contributed by atoms with E-state index >= 15 is 0 Å². The third kappa shape index (κ3) is 6.07. The van der Waals surface area contributed by atoms with Crippen molar-refractivity contribution in [2.75, 3.05) is 4.30 Å². The van der Waals surface area contributed by atoms with Crippen molar-refractivity contribution in [2.45, 2.75) is 44.7 Å².